The van der Waals surface area contributed by atoms with E-state index in [1.807, 2.05) is 72.8 Å². The molecule has 0 saturated heterocycles. The molecular weight excluding hydrogens is 394 g/mol. The molecule has 0 atom stereocenters. The number of rotatable bonds is 7. The van der Waals surface area contributed by atoms with Crippen molar-refractivity contribution in [1.29, 1.82) is 0 Å². The molecule has 0 bridgehead atoms. The van der Waals surface area contributed by atoms with E-state index in [0.29, 0.717) is 17.2 Å². The van der Waals surface area contributed by atoms with E-state index in [4.69, 9.17) is 14.9 Å². The summed E-state index contributed by atoms with van der Waals surface area (Å²) in [5.41, 5.74) is 2.33. The number of hydrogen-bond acceptors (Lipinski definition) is 4. The first-order valence-electron chi connectivity index (χ1n) is 9.68. The number of aliphatic carboxylic acids is 2. The lowest BCUT2D eigenvalue weighted by Crippen LogP contribution is -2.25. The Bertz CT molecular complexity index is 1240. The van der Waals surface area contributed by atoms with Crippen molar-refractivity contribution >= 4 is 22.7 Å². The molecule has 3 aromatic carbocycles. The minimum absolute atomic E-state index is 0.0667. The van der Waals surface area contributed by atoms with Gasteiger partial charge in [0.15, 0.2) is 5.92 Å². The van der Waals surface area contributed by atoms with Crippen LogP contribution in [0.4, 0.5) is 0 Å². The van der Waals surface area contributed by atoms with E-state index in [1.165, 1.54) is 0 Å². The van der Waals surface area contributed by atoms with Crippen molar-refractivity contribution in [2.45, 2.75) is 6.42 Å². The molecule has 2 N–H and O–H groups in total. The van der Waals surface area contributed by atoms with Gasteiger partial charge in [0, 0.05) is 11.6 Å². The summed E-state index contributed by atoms with van der Waals surface area (Å²) in [5, 5.41) is 20.0. The van der Waals surface area contributed by atoms with Gasteiger partial charge in [0.2, 0.25) is 5.88 Å². The summed E-state index contributed by atoms with van der Waals surface area (Å²) in [5.74, 6) is -2.95. The van der Waals surface area contributed by atoms with Crippen LogP contribution < -0.4 is 4.74 Å². The third-order valence-electron chi connectivity index (χ3n) is 4.93. The molecular formula is C25H19NO5. The van der Waals surface area contributed by atoms with Crippen LogP contribution >= 0.6 is 0 Å². The fourth-order valence-corrected chi connectivity index (χ4v) is 3.34. The third-order valence-corrected chi connectivity index (χ3v) is 4.93. The third kappa shape index (κ3) is 4.70. The maximum absolute atomic E-state index is 11.2. The molecule has 31 heavy (non-hydrogen) atoms. The Kier molecular flexibility index (Phi) is 5.62. The Morgan fingerprint density at radius 2 is 1.52 bits per heavy atom. The van der Waals surface area contributed by atoms with Gasteiger partial charge in [0.25, 0.3) is 0 Å². The second kappa shape index (κ2) is 8.67. The summed E-state index contributed by atoms with van der Waals surface area (Å²) >= 11 is 0. The Morgan fingerprint density at radius 3 is 2.26 bits per heavy atom. The molecule has 0 aliphatic heterocycles. The number of carboxylic acids is 2. The molecule has 0 aliphatic rings. The van der Waals surface area contributed by atoms with Crippen molar-refractivity contribution in [2.24, 2.45) is 5.92 Å². The molecule has 6 nitrogen and oxygen atoms in total. The van der Waals surface area contributed by atoms with Gasteiger partial charge in [0.1, 0.15) is 5.75 Å². The number of para-hydroxylation sites is 1. The Morgan fingerprint density at radius 1 is 0.806 bits per heavy atom. The highest BCUT2D eigenvalue weighted by molar-refractivity contribution is 5.93. The number of pyridine rings is 1. The van der Waals surface area contributed by atoms with Crippen LogP contribution in [0.1, 0.15) is 5.56 Å². The second-order valence-corrected chi connectivity index (χ2v) is 7.11. The summed E-state index contributed by atoms with van der Waals surface area (Å²) in [4.78, 5) is 26.9. The van der Waals surface area contributed by atoms with E-state index < -0.39 is 17.9 Å². The topological polar surface area (TPSA) is 96.7 Å². The zero-order valence-electron chi connectivity index (χ0n) is 16.4. The Labute approximate surface area is 178 Å². The average molecular weight is 413 g/mol. The first-order valence-corrected chi connectivity index (χ1v) is 9.68. The minimum Gasteiger partial charge on any atom is -0.481 e. The highest BCUT2D eigenvalue weighted by atomic mass is 16.5. The molecule has 0 amide bonds. The lowest BCUT2D eigenvalue weighted by atomic mass is 9.96. The van der Waals surface area contributed by atoms with Crippen molar-refractivity contribution < 1.29 is 24.5 Å². The van der Waals surface area contributed by atoms with Gasteiger partial charge < -0.3 is 14.9 Å². The molecule has 154 valence electrons. The van der Waals surface area contributed by atoms with Crippen LogP contribution in [-0.4, -0.2) is 27.1 Å². The zero-order chi connectivity index (χ0) is 21.8. The van der Waals surface area contributed by atoms with Gasteiger partial charge in [-0.2, -0.15) is 0 Å². The number of nitrogens with zero attached hydrogens (tertiary/aromatic N) is 1. The van der Waals surface area contributed by atoms with E-state index in [0.717, 1.165) is 22.0 Å². The predicted molar refractivity (Wildman–Crippen MR) is 116 cm³/mol. The number of hydrogen-bond donors (Lipinski definition) is 2. The van der Waals surface area contributed by atoms with E-state index in [-0.39, 0.29) is 6.42 Å². The van der Waals surface area contributed by atoms with E-state index in [1.54, 1.807) is 12.1 Å². The quantitative estimate of drug-likeness (QED) is 0.413. The number of carboxylic acid groups (broad SMARTS) is 2. The maximum atomic E-state index is 11.2. The second-order valence-electron chi connectivity index (χ2n) is 7.11. The number of carbonyl (C=O) groups is 2. The molecule has 6 heteroatoms. The number of benzene rings is 3. The fourth-order valence-electron chi connectivity index (χ4n) is 3.34. The van der Waals surface area contributed by atoms with Gasteiger partial charge in [-0.1, -0.05) is 54.6 Å². The van der Waals surface area contributed by atoms with Crippen LogP contribution in [0.3, 0.4) is 0 Å². The summed E-state index contributed by atoms with van der Waals surface area (Å²) in [7, 11) is 0. The van der Waals surface area contributed by atoms with Gasteiger partial charge in [0.05, 0.1) is 5.69 Å². The van der Waals surface area contributed by atoms with Gasteiger partial charge in [-0.15, -0.1) is 0 Å². The predicted octanol–water partition coefficient (Wildman–Crippen LogP) is 5.02. The normalized spacial score (nSPS) is 10.9. The van der Waals surface area contributed by atoms with Crippen LogP contribution in [0.5, 0.6) is 11.6 Å². The van der Waals surface area contributed by atoms with Crippen molar-refractivity contribution in [3.63, 3.8) is 0 Å². The van der Waals surface area contributed by atoms with Crippen molar-refractivity contribution in [3.05, 3.63) is 90.5 Å². The minimum atomic E-state index is -1.46. The van der Waals surface area contributed by atoms with Gasteiger partial charge in [-0.3, -0.25) is 9.59 Å². The van der Waals surface area contributed by atoms with Crippen molar-refractivity contribution in [2.75, 3.05) is 0 Å². The molecule has 4 rings (SSSR count). The zero-order valence-corrected chi connectivity index (χ0v) is 16.4. The lowest BCUT2D eigenvalue weighted by Gasteiger charge is -2.10. The largest absolute Gasteiger partial charge is 0.481 e. The fraction of sp³-hybridized carbons (Fsp3) is 0.0800. The molecule has 0 saturated carbocycles. The van der Waals surface area contributed by atoms with Crippen molar-refractivity contribution in [3.8, 4) is 22.9 Å². The summed E-state index contributed by atoms with van der Waals surface area (Å²) in [6.07, 6.45) is -0.0667. The van der Waals surface area contributed by atoms with Crippen LogP contribution in [0, 0.1) is 5.92 Å². The molecule has 1 aromatic heterocycles. The molecule has 1 heterocycles. The van der Waals surface area contributed by atoms with Gasteiger partial charge >= 0.3 is 11.9 Å². The highest BCUT2D eigenvalue weighted by Gasteiger charge is 2.25. The molecule has 0 aliphatic carbocycles. The lowest BCUT2D eigenvalue weighted by molar-refractivity contribution is -0.154. The first-order chi connectivity index (χ1) is 15.0. The van der Waals surface area contributed by atoms with E-state index >= 15 is 0 Å². The van der Waals surface area contributed by atoms with Crippen LogP contribution in [-0.2, 0) is 16.0 Å². The Hall–Kier alpha value is -4.19. The molecule has 4 aromatic rings. The van der Waals surface area contributed by atoms with Crippen molar-refractivity contribution in [1.82, 2.24) is 4.98 Å². The van der Waals surface area contributed by atoms with E-state index in [2.05, 4.69) is 4.98 Å². The summed E-state index contributed by atoms with van der Waals surface area (Å²) < 4.78 is 5.81. The number of ether oxygens (including phenoxy) is 1. The number of fused-ring (bicyclic) bond motifs is 1. The monoisotopic (exact) mass is 413 g/mol. The maximum Gasteiger partial charge on any atom is 0.318 e. The highest BCUT2D eigenvalue weighted by Crippen LogP contribution is 2.27. The average Bonchev–Trinajstić information content (AvgIpc) is 2.77. The molecule has 0 unspecified atom stereocenters. The van der Waals surface area contributed by atoms with Gasteiger partial charge in [-0.05, 0) is 47.0 Å². The smallest absolute Gasteiger partial charge is 0.318 e. The number of aromatic nitrogens is 1. The van der Waals surface area contributed by atoms with Crippen LogP contribution in [0.15, 0.2) is 84.9 Å². The van der Waals surface area contributed by atoms with E-state index in [9.17, 15) is 9.59 Å². The first kappa shape index (κ1) is 20.1. The summed E-state index contributed by atoms with van der Waals surface area (Å²) in [6, 6.07) is 26.3. The standard InChI is InChI=1S/C25H19NO5/c27-24(28)21(25(29)30)14-16-9-10-18-15-19(12-11-17(18)13-16)22-7-4-8-23(26-22)31-20-5-2-1-3-6-20/h1-13,15,21H,14H2,(H,27,28)(H,29,30). The summed E-state index contributed by atoms with van der Waals surface area (Å²) in [6.45, 7) is 0. The van der Waals surface area contributed by atoms with Crippen LogP contribution in [0.2, 0.25) is 0 Å². The molecule has 0 radical (unpaired) electrons. The SMILES string of the molecule is O=C(O)C(Cc1ccc2cc(-c3cccc(Oc4ccccc4)n3)ccc2c1)C(=O)O. The molecule has 0 fully saturated rings. The Balaban J connectivity index is 1.59. The molecule has 0 spiro atoms. The van der Waals surface area contributed by atoms with Gasteiger partial charge in [-0.25, -0.2) is 4.98 Å². The van der Waals surface area contributed by atoms with Crippen LogP contribution in [0.25, 0.3) is 22.0 Å².